The van der Waals surface area contributed by atoms with Crippen LogP contribution in [0.15, 0.2) is 42.5 Å². The minimum atomic E-state index is 0.543. The van der Waals surface area contributed by atoms with Gasteiger partial charge in [-0.3, -0.25) is 4.79 Å². The smallest absolute Gasteiger partial charge is 0.150 e. The van der Waals surface area contributed by atoms with Gasteiger partial charge in [0, 0.05) is 5.56 Å². The molecule has 0 radical (unpaired) electrons. The van der Waals surface area contributed by atoms with Crippen molar-refractivity contribution in [2.45, 2.75) is 20.5 Å². The predicted molar refractivity (Wildman–Crippen MR) is 72.1 cm³/mol. The van der Waals surface area contributed by atoms with Gasteiger partial charge in [0.25, 0.3) is 0 Å². The highest BCUT2D eigenvalue weighted by atomic mass is 16.5. The lowest BCUT2D eigenvalue weighted by Crippen LogP contribution is -1.99. The van der Waals surface area contributed by atoms with Gasteiger partial charge in [0.1, 0.15) is 18.6 Å². The monoisotopic (exact) mass is 240 g/mol. The molecule has 0 aliphatic heterocycles. The molecule has 0 aliphatic rings. The molecule has 2 rings (SSSR count). The topological polar surface area (TPSA) is 26.3 Å². The largest absolute Gasteiger partial charge is 0.489 e. The summed E-state index contributed by atoms with van der Waals surface area (Å²) in [5.41, 5.74) is 3.86. The summed E-state index contributed by atoms with van der Waals surface area (Å²) < 4.78 is 5.79. The SMILES string of the molecule is Cc1c(C=O)ccc(OCc2ccccc2)c1C. The molecule has 0 unspecified atom stereocenters. The van der Waals surface area contributed by atoms with Crippen LogP contribution < -0.4 is 4.74 Å². The second-order valence-corrected chi connectivity index (χ2v) is 4.30. The van der Waals surface area contributed by atoms with Crippen LogP contribution in [0, 0.1) is 13.8 Å². The van der Waals surface area contributed by atoms with Crippen LogP contribution in [0.2, 0.25) is 0 Å². The van der Waals surface area contributed by atoms with E-state index in [1.165, 1.54) is 0 Å². The Morgan fingerprint density at radius 3 is 2.39 bits per heavy atom. The quantitative estimate of drug-likeness (QED) is 0.762. The number of ether oxygens (including phenoxy) is 1. The van der Waals surface area contributed by atoms with E-state index >= 15 is 0 Å². The molecule has 2 aromatic carbocycles. The molecule has 2 heteroatoms. The Hall–Kier alpha value is -2.09. The fourth-order valence-corrected chi connectivity index (χ4v) is 1.84. The summed E-state index contributed by atoms with van der Waals surface area (Å²) in [6.07, 6.45) is 0.878. The number of benzene rings is 2. The lowest BCUT2D eigenvalue weighted by molar-refractivity contribution is 0.112. The summed E-state index contributed by atoms with van der Waals surface area (Å²) in [6, 6.07) is 13.7. The van der Waals surface area contributed by atoms with E-state index in [4.69, 9.17) is 4.74 Å². The van der Waals surface area contributed by atoms with E-state index in [9.17, 15) is 4.79 Å². The predicted octanol–water partition coefficient (Wildman–Crippen LogP) is 3.69. The Morgan fingerprint density at radius 1 is 1.00 bits per heavy atom. The number of hydrogen-bond acceptors (Lipinski definition) is 2. The zero-order valence-electron chi connectivity index (χ0n) is 10.6. The molecule has 0 N–H and O–H groups in total. The lowest BCUT2D eigenvalue weighted by atomic mass is 10.0. The Labute approximate surface area is 107 Å². The van der Waals surface area contributed by atoms with E-state index in [0.717, 1.165) is 34.3 Å². The van der Waals surface area contributed by atoms with E-state index in [1.54, 1.807) is 6.07 Å². The van der Waals surface area contributed by atoms with E-state index < -0.39 is 0 Å². The molecule has 0 fully saturated rings. The Bertz CT molecular complexity index is 545. The number of rotatable bonds is 4. The third kappa shape index (κ3) is 2.59. The van der Waals surface area contributed by atoms with Gasteiger partial charge in [-0.05, 0) is 42.7 Å². The number of carbonyl (C=O) groups is 1. The van der Waals surface area contributed by atoms with Crippen molar-refractivity contribution in [3.8, 4) is 5.75 Å². The van der Waals surface area contributed by atoms with E-state index in [1.807, 2.05) is 50.2 Å². The molecule has 0 aliphatic carbocycles. The molecule has 2 nitrogen and oxygen atoms in total. The van der Waals surface area contributed by atoms with Gasteiger partial charge in [0.2, 0.25) is 0 Å². The summed E-state index contributed by atoms with van der Waals surface area (Å²) in [5.74, 6) is 0.835. The molecular weight excluding hydrogens is 224 g/mol. The number of aldehydes is 1. The minimum Gasteiger partial charge on any atom is -0.489 e. The fraction of sp³-hybridized carbons (Fsp3) is 0.188. The summed E-state index contributed by atoms with van der Waals surface area (Å²) in [4.78, 5) is 10.8. The average Bonchev–Trinajstić information content (AvgIpc) is 2.42. The molecule has 0 amide bonds. The van der Waals surface area contributed by atoms with Crippen molar-refractivity contribution >= 4 is 6.29 Å². The lowest BCUT2D eigenvalue weighted by Gasteiger charge is -2.12. The zero-order chi connectivity index (χ0) is 13.0. The molecule has 0 heterocycles. The van der Waals surface area contributed by atoms with Gasteiger partial charge in [-0.25, -0.2) is 0 Å². The maximum atomic E-state index is 10.8. The van der Waals surface area contributed by atoms with Gasteiger partial charge in [-0.1, -0.05) is 30.3 Å². The second kappa shape index (κ2) is 5.50. The van der Waals surface area contributed by atoms with Crippen molar-refractivity contribution in [3.05, 3.63) is 64.7 Å². The van der Waals surface area contributed by atoms with E-state index in [2.05, 4.69) is 0 Å². The fourth-order valence-electron chi connectivity index (χ4n) is 1.84. The minimum absolute atomic E-state index is 0.543. The third-order valence-electron chi connectivity index (χ3n) is 3.14. The van der Waals surface area contributed by atoms with Crippen LogP contribution in [0.3, 0.4) is 0 Å². The summed E-state index contributed by atoms with van der Waals surface area (Å²) >= 11 is 0. The van der Waals surface area contributed by atoms with E-state index in [0.29, 0.717) is 6.61 Å². The summed E-state index contributed by atoms with van der Waals surface area (Å²) in [6.45, 7) is 4.46. The maximum absolute atomic E-state index is 10.8. The highest BCUT2D eigenvalue weighted by Crippen LogP contribution is 2.24. The van der Waals surface area contributed by atoms with Gasteiger partial charge in [-0.2, -0.15) is 0 Å². The molecule has 18 heavy (non-hydrogen) atoms. The normalized spacial score (nSPS) is 10.1. The first kappa shape index (κ1) is 12.4. The highest BCUT2D eigenvalue weighted by Gasteiger charge is 2.06. The summed E-state index contributed by atoms with van der Waals surface area (Å²) in [5, 5.41) is 0. The van der Waals surface area contributed by atoms with Crippen molar-refractivity contribution in [1.29, 1.82) is 0 Å². The second-order valence-electron chi connectivity index (χ2n) is 4.30. The van der Waals surface area contributed by atoms with Crippen molar-refractivity contribution < 1.29 is 9.53 Å². The van der Waals surface area contributed by atoms with Crippen LogP contribution in [-0.2, 0) is 6.61 Å². The van der Waals surface area contributed by atoms with Gasteiger partial charge >= 0.3 is 0 Å². The molecule has 0 aromatic heterocycles. The molecule has 92 valence electrons. The van der Waals surface area contributed by atoms with Crippen LogP contribution in [0.5, 0.6) is 5.75 Å². The molecule has 0 spiro atoms. The van der Waals surface area contributed by atoms with Crippen molar-refractivity contribution in [1.82, 2.24) is 0 Å². The molecule has 0 atom stereocenters. The van der Waals surface area contributed by atoms with E-state index in [-0.39, 0.29) is 0 Å². The molecular formula is C16H16O2. The first-order valence-electron chi connectivity index (χ1n) is 5.94. The van der Waals surface area contributed by atoms with Gasteiger partial charge in [0.05, 0.1) is 0 Å². The van der Waals surface area contributed by atoms with Crippen LogP contribution in [-0.4, -0.2) is 6.29 Å². The van der Waals surface area contributed by atoms with Crippen LogP contribution in [0.25, 0.3) is 0 Å². The number of hydrogen-bond donors (Lipinski definition) is 0. The summed E-state index contributed by atoms with van der Waals surface area (Å²) in [7, 11) is 0. The zero-order valence-corrected chi connectivity index (χ0v) is 10.6. The van der Waals surface area contributed by atoms with Crippen LogP contribution >= 0.6 is 0 Å². The van der Waals surface area contributed by atoms with Crippen LogP contribution in [0.4, 0.5) is 0 Å². The maximum Gasteiger partial charge on any atom is 0.150 e. The third-order valence-corrected chi connectivity index (χ3v) is 3.14. The Kier molecular flexibility index (Phi) is 3.78. The van der Waals surface area contributed by atoms with Crippen molar-refractivity contribution in [2.75, 3.05) is 0 Å². The first-order chi connectivity index (χ1) is 8.72. The van der Waals surface area contributed by atoms with Crippen LogP contribution in [0.1, 0.15) is 27.0 Å². The molecule has 0 bridgehead atoms. The Morgan fingerprint density at radius 2 is 1.72 bits per heavy atom. The number of carbonyl (C=O) groups excluding carboxylic acids is 1. The highest BCUT2D eigenvalue weighted by molar-refractivity contribution is 5.78. The standard InChI is InChI=1S/C16H16O2/c1-12-13(2)16(9-8-15(12)10-17)18-11-14-6-4-3-5-7-14/h3-10H,11H2,1-2H3. The molecule has 0 saturated carbocycles. The first-order valence-corrected chi connectivity index (χ1v) is 5.94. The van der Waals surface area contributed by atoms with Crippen molar-refractivity contribution in [2.24, 2.45) is 0 Å². The Balaban J connectivity index is 2.15. The van der Waals surface area contributed by atoms with Gasteiger partial charge in [-0.15, -0.1) is 0 Å². The molecule has 0 saturated heterocycles. The average molecular weight is 240 g/mol. The molecule has 2 aromatic rings. The van der Waals surface area contributed by atoms with Gasteiger partial charge in [0.15, 0.2) is 0 Å². The van der Waals surface area contributed by atoms with Crippen molar-refractivity contribution in [3.63, 3.8) is 0 Å². The van der Waals surface area contributed by atoms with Gasteiger partial charge < -0.3 is 4.74 Å².